The summed E-state index contributed by atoms with van der Waals surface area (Å²) in [6, 6.07) is 15.0. The molecule has 3 rings (SSSR count). The Hall–Kier alpha value is -3.35. The number of hydrogen-bond acceptors (Lipinski definition) is 4. The van der Waals surface area contributed by atoms with Gasteiger partial charge in [0.1, 0.15) is 11.3 Å². The van der Waals surface area contributed by atoms with Gasteiger partial charge in [-0.25, -0.2) is 4.79 Å². The summed E-state index contributed by atoms with van der Waals surface area (Å²) < 4.78 is 5.72. The number of amides is 2. The fraction of sp³-hybridized carbons (Fsp3) is 0.167. The van der Waals surface area contributed by atoms with E-state index >= 15 is 0 Å². The molecule has 0 saturated heterocycles. The molecule has 0 spiro atoms. The van der Waals surface area contributed by atoms with Gasteiger partial charge >= 0.3 is 6.03 Å². The van der Waals surface area contributed by atoms with Crippen molar-refractivity contribution in [2.24, 2.45) is 0 Å². The lowest BCUT2D eigenvalue weighted by Crippen LogP contribution is -2.36. The molecule has 128 valence electrons. The lowest BCUT2D eigenvalue weighted by molar-refractivity contribution is -0.384. The number of nitro groups is 1. The van der Waals surface area contributed by atoms with Gasteiger partial charge in [-0.1, -0.05) is 30.3 Å². The van der Waals surface area contributed by atoms with Gasteiger partial charge in [0.2, 0.25) is 0 Å². The highest BCUT2D eigenvalue weighted by molar-refractivity contribution is 5.78. The van der Waals surface area contributed by atoms with E-state index in [0.717, 1.165) is 11.0 Å². The van der Waals surface area contributed by atoms with Crippen LogP contribution in [0.25, 0.3) is 11.0 Å². The van der Waals surface area contributed by atoms with Gasteiger partial charge in [-0.15, -0.1) is 0 Å². The van der Waals surface area contributed by atoms with Gasteiger partial charge in [-0.2, -0.15) is 0 Å². The number of nitro benzene ring substituents is 1. The lowest BCUT2D eigenvalue weighted by atomic mass is 10.2. The molecule has 3 aromatic rings. The van der Waals surface area contributed by atoms with Crippen LogP contribution < -0.4 is 10.6 Å². The quantitative estimate of drug-likeness (QED) is 0.544. The Morgan fingerprint density at radius 1 is 1.20 bits per heavy atom. The molecule has 1 heterocycles. The molecule has 1 unspecified atom stereocenters. The number of carbonyl (C=O) groups is 1. The molecule has 7 nitrogen and oxygen atoms in total. The molecule has 0 aliphatic carbocycles. The van der Waals surface area contributed by atoms with E-state index in [1.807, 2.05) is 37.3 Å². The molecule has 0 aliphatic heterocycles. The van der Waals surface area contributed by atoms with Crippen molar-refractivity contribution in [3.63, 3.8) is 0 Å². The molecule has 25 heavy (non-hydrogen) atoms. The minimum atomic E-state index is -0.465. The predicted octanol–water partition coefficient (Wildman–Crippen LogP) is 3.90. The topological polar surface area (TPSA) is 97.4 Å². The van der Waals surface area contributed by atoms with E-state index in [1.54, 1.807) is 12.1 Å². The second kappa shape index (κ2) is 7.04. The smallest absolute Gasteiger partial charge is 0.315 e. The molecule has 0 saturated carbocycles. The Morgan fingerprint density at radius 2 is 2.00 bits per heavy atom. The molecule has 0 aliphatic rings. The van der Waals surface area contributed by atoms with Gasteiger partial charge in [0.15, 0.2) is 0 Å². The highest BCUT2D eigenvalue weighted by atomic mass is 16.6. The van der Waals surface area contributed by atoms with Crippen LogP contribution in [0.3, 0.4) is 0 Å². The zero-order valence-electron chi connectivity index (χ0n) is 13.6. The Kier molecular flexibility index (Phi) is 4.65. The minimum absolute atomic E-state index is 0.00430. The van der Waals surface area contributed by atoms with Crippen LogP contribution in [-0.2, 0) is 6.54 Å². The number of rotatable bonds is 5. The number of urea groups is 1. The molecule has 2 N–H and O–H groups in total. The average molecular weight is 339 g/mol. The van der Waals surface area contributed by atoms with E-state index in [2.05, 4.69) is 10.6 Å². The van der Waals surface area contributed by atoms with Gasteiger partial charge in [0.05, 0.1) is 11.0 Å². The minimum Gasteiger partial charge on any atom is -0.459 e. The van der Waals surface area contributed by atoms with E-state index < -0.39 is 4.92 Å². The van der Waals surface area contributed by atoms with Crippen molar-refractivity contribution in [2.75, 3.05) is 0 Å². The zero-order valence-corrected chi connectivity index (χ0v) is 13.6. The van der Waals surface area contributed by atoms with Crippen molar-refractivity contribution < 1.29 is 14.1 Å². The first-order valence-electron chi connectivity index (χ1n) is 7.79. The van der Waals surface area contributed by atoms with Crippen molar-refractivity contribution in [1.82, 2.24) is 10.6 Å². The van der Waals surface area contributed by atoms with Crippen molar-refractivity contribution in [2.45, 2.75) is 19.5 Å². The molecule has 1 atom stereocenters. The van der Waals surface area contributed by atoms with Crippen LogP contribution >= 0.6 is 0 Å². The van der Waals surface area contributed by atoms with Gasteiger partial charge in [0.25, 0.3) is 5.69 Å². The van der Waals surface area contributed by atoms with Crippen LogP contribution in [-0.4, -0.2) is 11.0 Å². The Labute approximate surface area is 143 Å². The fourth-order valence-electron chi connectivity index (χ4n) is 2.50. The van der Waals surface area contributed by atoms with Crippen molar-refractivity contribution in [3.05, 3.63) is 76.0 Å². The lowest BCUT2D eigenvalue weighted by Gasteiger charge is -2.12. The number of furan rings is 1. The zero-order chi connectivity index (χ0) is 17.8. The van der Waals surface area contributed by atoms with Crippen LogP contribution in [0.2, 0.25) is 0 Å². The number of para-hydroxylation sites is 1. The first kappa shape index (κ1) is 16.5. The normalized spacial score (nSPS) is 11.9. The third-order valence-corrected chi connectivity index (χ3v) is 3.79. The SMILES string of the molecule is CC(NC(=O)NCc1cccc([N+](=O)[O-])c1)c1cc2ccccc2o1. The molecule has 7 heteroatoms. The van der Waals surface area contributed by atoms with Crippen LogP contribution in [0.4, 0.5) is 10.5 Å². The summed E-state index contributed by atoms with van der Waals surface area (Å²) in [5.74, 6) is 0.659. The maximum Gasteiger partial charge on any atom is 0.315 e. The monoisotopic (exact) mass is 339 g/mol. The number of hydrogen-bond donors (Lipinski definition) is 2. The Bertz CT molecular complexity index is 886. The number of nitrogens with zero attached hydrogens (tertiary/aromatic N) is 1. The van der Waals surface area contributed by atoms with Gasteiger partial charge in [-0.05, 0) is 24.6 Å². The molecular weight excluding hydrogens is 322 g/mol. The van der Waals surface area contributed by atoms with Crippen LogP contribution in [0.1, 0.15) is 24.3 Å². The third kappa shape index (κ3) is 3.95. The number of nitrogens with one attached hydrogen (secondary N) is 2. The van der Waals surface area contributed by atoms with Gasteiger partial charge < -0.3 is 15.1 Å². The van der Waals surface area contributed by atoms with E-state index in [-0.39, 0.29) is 24.3 Å². The predicted molar refractivity (Wildman–Crippen MR) is 93.1 cm³/mol. The number of non-ortho nitro benzene ring substituents is 1. The van der Waals surface area contributed by atoms with E-state index in [1.165, 1.54) is 12.1 Å². The van der Waals surface area contributed by atoms with Crippen LogP contribution in [0.5, 0.6) is 0 Å². The van der Waals surface area contributed by atoms with E-state index in [4.69, 9.17) is 4.42 Å². The molecule has 2 amide bonds. The van der Waals surface area contributed by atoms with Crippen molar-refractivity contribution in [3.8, 4) is 0 Å². The summed E-state index contributed by atoms with van der Waals surface area (Å²) in [5.41, 5.74) is 1.42. The summed E-state index contributed by atoms with van der Waals surface area (Å²) in [6.45, 7) is 2.02. The summed E-state index contributed by atoms with van der Waals surface area (Å²) in [5, 5.41) is 17.2. The maximum atomic E-state index is 12.0. The Balaban J connectivity index is 1.58. The number of carbonyl (C=O) groups excluding carboxylic acids is 1. The van der Waals surface area contributed by atoms with Crippen LogP contribution in [0, 0.1) is 10.1 Å². The average Bonchev–Trinajstić information content (AvgIpc) is 3.04. The number of fused-ring (bicyclic) bond motifs is 1. The summed E-state index contributed by atoms with van der Waals surface area (Å²) >= 11 is 0. The fourth-order valence-corrected chi connectivity index (χ4v) is 2.50. The molecule has 1 aromatic heterocycles. The number of benzene rings is 2. The molecular formula is C18H17N3O4. The van der Waals surface area contributed by atoms with Crippen molar-refractivity contribution >= 4 is 22.7 Å². The van der Waals surface area contributed by atoms with Gasteiger partial charge in [-0.3, -0.25) is 10.1 Å². The Morgan fingerprint density at radius 3 is 2.76 bits per heavy atom. The second-order valence-electron chi connectivity index (χ2n) is 5.66. The van der Waals surface area contributed by atoms with Crippen molar-refractivity contribution in [1.29, 1.82) is 0 Å². The third-order valence-electron chi connectivity index (χ3n) is 3.79. The molecule has 0 bridgehead atoms. The first-order chi connectivity index (χ1) is 12.0. The van der Waals surface area contributed by atoms with Crippen LogP contribution in [0.15, 0.2) is 59.0 Å². The van der Waals surface area contributed by atoms with E-state index in [9.17, 15) is 14.9 Å². The maximum absolute atomic E-state index is 12.0. The first-order valence-corrected chi connectivity index (χ1v) is 7.79. The molecule has 2 aromatic carbocycles. The van der Waals surface area contributed by atoms with Gasteiger partial charge in [0, 0.05) is 24.1 Å². The molecule has 0 radical (unpaired) electrons. The standard InChI is InChI=1S/C18H17N3O4/c1-12(17-10-14-6-2-3-8-16(14)25-17)20-18(22)19-11-13-5-4-7-15(9-13)21(23)24/h2-10,12H,11H2,1H3,(H2,19,20,22). The summed E-state index contributed by atoms with van der Waals surface area (Å²) in [4.78, 5) is 22.3. The molecule has 0 fully saturated rings. The summed E-state index contributed by atoms with van der Waals surface area (Å²) in [7, 11) is 0. The summed E-state index contributed by atoms with van der Waals surface area (Å²) in [6.07, 6.45) is 0. The second-order valence-corrected chi connectivity index (χ2v) is 5.66. The highest BCUT2D eigenvalue weighted by Crippen LogP contribution is 2.23. The highest BCUT2D eigenvalue weighted by Gasteiger charge is 2.14. The van der Waals surface area contributed by atoms with E-state index in [0.29, 0.717) is 11.3 Å². The largest absolute Gasteiger partial charge is 0.459 e.